The molecule has 0 radical (unpaired) electrons. The molecule has 3 heteroatoms. The number of nitrogens with zero attached hydrogens (tertiary/aromatic N) is 1. The van der Waals surface area contributed by atoms with Gasteiger partial charge < -0.3 is 10.0 Å². The molecule has 112 valence electrons. The van der Waals surface area contributed by atoms with Crippen LogP contribution in [0.1, 0.15) is 41.8 Å². The zero-order valence-electron chi connectivity index (χ0n) is 13.0. The molecule has 2 atom stereocenters. The average Bonchev–Trinajstić information content (AvgIpc) is 2.44. The molecule has 0 bridgehead atoms. The summed E-state index contributed by atoms with van der Waals surface area (Å²) in [5, 5.41) is 8.81. The Balaban J connectivity index is 2.23. The number of amides is 1. The van der Waals surface area contributed by atoms with Gasteiger partial charge in [-0.2, -0.15) is 0 Å². The first-order chi connectivity index (χ1) is 10.0. The van der Waals surface area contributed by atoms with Crippen LogP contribution in [-0.4, -0.2) is 35.6 Å². The first-order valence-corrected chi connectivity index (χ1v) is 7.51. The predicted octanol–water partition coefficient (Wildman–Crippen LogP) is 2.46. The largest absolute Gasteiger partial charge is 0.384 e. The molecule has 2 rings (SSSR count). The van der Waals surface area contributed by atoms with Crippen LogP contribution in [0.4, 0.5) is 0 Å². The second-order valence-electron chi connectivity index (χ2n) is 6.15. The van der Waals surface area contributed by atoms with Crippen LogP contribution < -0.4 is 0 Å². The van der Waals surface area contributed by atoms with Crippen molar-refractivity contribution in [1.29, 1.82) is 0 Å². The summed E-state index contributed by atoms with van der Waals surface area (Å²) in [6.45, 7) is 7.84. The van der Waals surface area contributed by atoms with E-state index in [1.165, 1.54) is 6.42 Å². The Morgan fingerprint density at radius 3 is 2.62 bits per heavy atom. The van der Waals surface area contributed by atoms with E-state index >= 15 is 0 Å². The van der Waals surface area contributed by atoms with Crippen LogP contribution in [0.5, 0.6) is 0 Å². The number of aliphatic hydroxyl groups is 1. The molecule has 1 aromatic carbocycles. The highest BCUT2D eigenvalue weighted by molar-refractivity contribution is 5.94. The van der Waals surface area contributed by atoms with E-state index < -0.39 is 0 Å². The standard InChI is InChI=1S/C18H23NO2/c1-13-9-14(2)12-19(11-13)18(21)17-7-6-15(3)16(10-17)5-4-8-20/h6-7,10,13-14,20H,8-9,11-12H2,1-3H3. The third-order valence-electron chi connectivity index (χ3n) is 3.94. The lowest BCUT2D eigenvalue weighted by atomic mass is 9.91. The van der Waals surface area contributed by atoms with Crippen molar-refractivity contribution in [1.82, 2.24) is 4.90 Å². The zero-order valence-corrected chi connectivity index (χ0v) is 13.0. The van der Waals surface area contributed by atoms with Gasteiger partial charge in [-0.15, -0.1) is 0 Å². The van der Waals surface area contributed by atoms with Crippen LogP contribution in [0.15, 0.2) is 18.2 Å². The minimum absolute atomic E-state index is 0.0837. The molecule has 0 aliphatic carbocycles. The Morgan fingerprint density at radius 2 is 2.00 bits per heavy atom. The van der Waals surface area contributed by atoms with E-state index in [0.29, 0.717) is 17.4 Å². The van der Waals surface area contributed by atoms with E-state index in [2.05, 4.69) is 25.7 Å². The van der Waals surface area contributed by atoms with E-state index in [9.17, 15) is 4.79 Å². The van der Waals surface area contributed by atoms with Gasteiger partial charge in [0.1, 0.15) is 6.61 Å². The predicted molar refractivity (Wildman–Crippen MR) is 84.0 cm³/mol. The first kappa shape index (κ1) is 15.6. The Hall–Kier alpha value is -1.79. The Bertz CT molecular complexity index is 573. The highest BCUT2D eigenvalue weighted by Crippen LogP contribution is 2.23. The second kappa shape index (κ2) is 6.78. The van der Waals surface area contributed by atoms with Crippen LogP contribution >= 0.6 is 0 Å². The first-order valence-electron chi connectivity index (χ1n) is 7.51. The third kappa shape index (κ3) is 3.86. The molecule has 1 N–H and O–H groups in total. The molecule has 1 aliphatic rings. The van der Waals surface area contributed by atoms with Gasteiger partial charge in [0, 0.05) is 24.2 Å². The van der Waals surface area contributed by atoms with Crippen LogP contribution in [0, 0.1) is 30.6 Å². The average molecular weight is 285 g/mol. The number of rotatable bonds is 1. The van der Waals surface area contributed by atoms with Crippen LogP contribution in [-0.2, 0) is 0 Å². The summed E-state index contributed by atoms with van der Waals surface area (Å²) in [5.41, 5.74) is 2.52. The Morgan fingerprint density at radius 1 is 1.33 bits per heavy atom. The van der Waals surface area contributed by atoms with E-state index in [0.717, 1.165) is 24.2 Å². The van der Waals surface area contributed by atoms with Crippen molar-refractivity contribution < 1.29 is 9.90 Å². The number of piperidine rings is 1. The van der Waals surface area contributed by atoms with Crippen molar-refractivity contribution >= 4 is 5.91 Å². The monoisotopic (exact) mass is 285 g/mol. The lowest BCUT2D eigenvalue weighted by molar-refractivity contribution is 0.0623. The molecule has 2 unspecified atom stereocenters. The minimum Gasteiger partial charge on any atom is -0.384 e. The maximum absolute atomic E-state index is 12.7. The minimum atomic E-state index is -0.168. The summed E-state index contributed by atoms with van der Waals surface area (Å²) in [4.78, 5) is 14.6. The molecule has 1 aliphatic heterocycles. The fourth-order valence-corrected chi connectivity index (χ4v) is 3.04. The number of aliphatic hydroxyl groups excluding tert-OH is 1. The van der Waals surface area contributed by atoms with Gasteiger partial charge >= 0.3 is 0 Å². The van der Waals surface area contributed by atoms with E-state index in [1.807, 2.05) is 30.0 Å². The summed E-state index contributed by atoms with van der Waals surface area (Å²) in [7, 11) is 0. The van der Waals surface area contributed by atoms with Crippen molar-refractivity contribution in [3.63, 3.8) is 0 Å². The van der Waals surface area contributed by atoms with Crippen molar-refractivity contribution in [2.24, 2.45) is 11.8 Å². The van der Waals surface area contributed by atoms with Gasteiger partial charge in [0.15, 0.2) is 0 Å². The van der Waals surface area contributed by atoms with Crippen LogP contribution in [0.25, 0.3) is 0 Å². The van der Waals surface area contributed by atoms with Crippen LogP contribution in [0.2, 0.25) is 0 Å². The quantitative estimate of drug-likeness (QED) is 0.805. The zero-order chi connectivity index (χ0) is 15.4. The van der Waals surface area contributed by atoms with Crippen molar-refractivity contribution in [2.45, 2.75) is 27.2 Å². The van der Waals surface area contributed by atoms with E-state index in [1.54, 1.807) is 0 Å². The van der Waals surface area contributed by atoms with Gasteiger partial charge in [-0.05, 0) is 42.9 Å². The molecular formula is C18H23NO2. The van der Waals surface area contributed by atoms with Gasteiger partial charge in [0.25, 0.3) is 5.91 Å². The summed E-state index contributed by atoms with van der Waals surface area (Å²) in [6, 6.07) is 5.63. The molecule has 1 heterocycles. The number of likely N-dealkylation sites (tertiary alicyclic amines) is 1. The fraction of sp³-hybridized carbons (Fsp3) is 0.500. The summed E-state index contributed by atoms with van der Waals surface area (Å²) >= 11 is 0. The molecule has 1 fully saturated rings. The number of benzene rings is 1. The van der Waals surface area contributed by atoms with Crippen LogP contribution in [0.3, 0.4) is 0 Å². The molecule has 0 spiro atoms. The third-order valence-corrected chi connectivity index (χ3v) is 3.94. The smallest absolute Gasteiger partial charge is 0.253 e. The highest BCUT2D eigenvalue weighted by Gasteiger charge is 2.26. The Labute approximate surface area is 127 Å². The van der Waals surface area contributed by atoms with E-state index in [-0.39, 0.29) is 12.5 Å². The summed E-state index contributed by atoms with van der Waals surface area (Å²) in [5.74, 6) is 6.74. The lowest BCUT2D eigenvalue weighted by Crippen LogP contribution is -2.42. The molecule has 1 saturated heterocycles. The normalized spacial score (nSPS) is 21.6. The van der Waals surface area contributed by atoms with E-state index in [4.69, 9.17) is 5.11 Å². The Kier molecular flexibility index (Phi) is 5.03. The summed E-state index contributed by atoms with van der Waals surface area (Å²) < 4.78 is 0. The number of hydrogen-bond acceptors (Lipinski definition) is 2. The maximum Gasteiger partial charge on any atom is 0.253 e. The molecule has 0 saturated carbocycles. The molecule has 0 aromatic heterocycles. The van der Waals surface area contributed by atoms with Gasteiger partial charge in [0.05, 0.1) is 0 Å². The highest BCUT2D eigenvalue weighted by atomic mass is 16.2. The topological polar surface area (TPSA) is 40.5 Å². The SMILES string of the molecule is Cc1ccc(C(=O)N2CC(C)CC(C)C2)cc1C#CCO. The molecule has 1 aromatic rings. The maximum atomic E-state index is 12.7. The molecular weight excluding hydrogens is 262 g/mol. The second-order valence-corrected chi connectivity index (χ2v) is 6.15. The number of aryl methyl sites for hydroxylation is 1. The van der Waals surface area contributed by atoms with Crippen molar-refractivity contribution in [2.75, 3.05) is 19.7 Å². The van der Waals surface area contributed by atoms with Gasteiger partial charge in [0.2, 0.25) is 0 Å². The molecule has 1 amide bonds. The number of carbonyl (C=O) groups excluding carboxylic acids is 1. The lowest BCUT2D eigenvalue weighted by Gasteiger charge is -2.35. The summed E-state index contributed by atoms with van der Waals surface area (Å²) in [6.07, 6.45) is 1.19. The fourth-order valence-electron chi connectivity index (χ4n) is 3.04. The van der Waals surface area contributed by atoms with Crippen molar-refractivity contribution in [3.05, 3.63) is 34.9 Å². The number of carbonyl (C=O) groups is 1. The van der Waals surface area contributed by atoms with Crippen molar-refractivity contribution in [3.8, 4) is 11.8 Å². The van der Waals surface area contributed by atoms with Gasteiger partial charge in [-0.3, -0.25) is 4.79 Å². The van der Waals surface area contributed by atoms with Gasteiger partial charge in [-0.25, -0.2) is 0 Å². The van der Waals surface area contributed by atoms with Gasteiger partial charge in [-0.1, -0.05) is 31.8 Å². The molecule has 21 heavy (non-hydrogen) atoms. The number of hydrogen-bond donors (Lipinski definition) is 1. The molecule has 3 nitrogen and oxygen atoms in total.